The Balaban J connectivity index is 1.99. The minimum atomic E-state index is -4.43. The van der Waals surface area contributed by atoms with Crippen LogP contribution >= 0.6 is 0 Å². The molecule has 9 nitrogen and oxygen atoms in total. The fourth-order valence-corrected chi connectivity index (χ4v) is 4.68. The Bertz CT molecular complexity index is 1560. The van der Waals surface area contributed by atoms with E-state index in [1.165, 1.54) is 6.07 Å². The number of carbonyl (C=O) groups excluding carboxylic acids is 1. The lowest BCUT2D eigenvalue weighted by Crippen LogP contribution is -2.14. The second-order valence-electron chi connectivity index (χ2n) is 6.83. The number of hydrogen-bond acceptors (Lipinski definition) is 6. The molecule has 0 bridgehead atoms. The zero-order valence-electron chi connectivity index (χ0n) is 16.2. The van der Waals surface area contributed by atoms with Gasteiger partial charge in [-0.3, -0.25) is 20.0 Å². The van der Waals surface area contributed by atoms with Crippen molar-refractivity contribution < 1.29 is 31.3 Å². The number of sulfone groups is 1. The van der Waals surface area contributed by atoms with E-state index in [0.717, 1.165) is 24.3 Å². The molecule has 1 heterocycles. The van der Waals surface area contributed by atoms with Gasteiger partial charge in [0.25, 0.3) is 11.6 Å². The van der Waals surface area contributed by atoms with Crippen LogP contribution in [-0.2, 0) is 9.84 Å². The van der Waals surface area contributed by atoms with Gasteiger partial charge in [0, 0.05) is 11.5 Å². The molecule has 4 aromatic rings. The molecule has 0 radical (unpaired) electrons. The zero-order valence-corrected chi connectivity index (χ0v) is 17.0. The first-order chi connectivity index (χ1) is 15.5. The summed E-state index contributed by atoms with van der Waals surface area (Å²) in [6.07, 6.45) is 0. The van der Waals surface area contributed by atoms with Crippen LogP contribution in [0.3, 0.4) is 0 Å². The van der Waals surface area contributed by atoms with Crippen LogP contribution in [0.5, 0.6) is 0 Å². The lowest BCUT2D eigenvalue weighted by molar-refractivity contribution is -0.384. The second-order valence-corrected chi connectivity index (χ2v) is 8.78. The van der Waals surface area contributed by atoms with Crippen LogP contribution in [0, 0.1) is 27.6 Å². The van der Waals surface area contributed by atoms with Gasteiger partial charge in [0.1, 0.15) is 34.3 Å². The van der Waals surface area contributed by atoms with Crippen LogP contribution in [0.4, 0.5) is 18.9 Å². The average Bonchev–Trinajstić information content (AvgIpc) is 3.15. The molecule has 0 saturated carbocycles. The van der Waals surface area contributed by atoms with Gasteiger partial charge in [-0.05, 0) is 42.5 Å². The number of primary amides is 1. The van der Waals surface area contributed by atoms with Crippen molar-refractivity contribution in [3.05, 3.63) is 81.7 Å². The number of nitrogens with two attached hydrogens (primary N) is 1. The predicted octanol–water partition coefficient (Wildman–Crippen LogP) is 3.49. The highest BCUT2D eigenvalue weighted by Gasteiger charge is 2.30. The van der Waals surface area contributed by atoms with E-state index in [1.54, 1.807) is 0 Å². The molecule has 4 rings (SSSR count). The summed E-state index contributed by atoms with van der Waals surface area (Å²) in [7, 11) is -4.43. The number of nitrogens with zero attached hydrogens (tertiary/aromatic N) is 2. The largest absolute Gasteiger partial charge is 0.365 e. The number of amides is 1. The first-order valence-corrected chi connectivity index (χ1v) is 10.5. The molecule has 0 aliphatic carbocycles. The third kappa shape index (κ3) is 3.67. The molecule has 3 aromatic carbocycles. The van der Waals surface area contributed by atoms with Crippen LogP contribution < -0.4 is 5.73 Å². The molecular formula is C20H11F3N4O5S. The zero-order chi connectivity index (χ0) is 24.1. The number of aromatic nitrogens is 2. The highest BCUT2D eigenvalue weighted by molar-refractivity contribution is 7.91. The number of hydrogen-bond donors (Lipinski definition) is 2. The van der Waals surface area contributed by atoms with E-state index in [-0.39, 0.29) is 16.6 Å². The standard InChI is InChI=1S/C20H11F3N4O5S/c21-9-5-10(22)7-12(6-9)33(31,32)11-1-4-16-14(8-11)18(26-25-16)17-15(23)3-2-13(20(24)28)19(17)27(29)30/h1-8H,(H2,24,28)(H,25,26). The maximum Gasteiger partial charge on any atom is 0.294 e. The summed E-state index contributed by atoms with van der Waals surface area (Å²) in [4.78, 5) is 21.2. The molecule has 33 heavy (non-hydrogen) atoms. The molecule has 3 N–H and O–H groups in total. The first kappa shape index (κ1) is 22.0. The molecule has 1 amide bonds. The first-order valence-electron chi connectivity index (χ1n) is 8.97. The maximum atomic E-state index is 14.7. The fourth-order valence-electron chi connectivity index (χ4n) is 3.35. The number of nitrogens with one attached hydrogen (secondary N) is 1. The monoisotopic (exact) mass is 476 g/mol. The van der Waals surface area contributed by atoms with Crippen molar-refractivity contribution in [2.24, 2.45) is 5.73 Å². The number of aromatic amines is 1. The maximum absolute atomic E-state index is 14.7. The summed E-state index contributed by atoms with van der Waals surface area (Å²) in [5.41, 5.74) is 2.77. The molecule has 0 unspecified atom stereocenters. The van der Waals surface area contributed by atoms with Crippen LogP contribution in [0.2, 0.25) is 0 Å². The number of benzene rings is 3. The Hall–Kier alpha value is -4.26. The Labute approximate surface area is 182 Å². The Morgan fingerprint density at radius 1 is 1.00 bits per heavy atom. The molecule has 0 aliphatic heterocycles. The smallest absolute Gasteiger partial charge is 0.294 e. The molecule has 0 spiro atoms. The van der Waals surface area contributed by atoms with Crippen molar-refractivity contribution in [3.8, 4) is 11.3 Å². The highest BCUT2D eigenvalue weighted by Crippen LogP contribution is 2.38. The minimum absolute atomic E-state index is 0.0587. The van der Waals surface area contributed by atoms with Crippen LogP contribution in [-0.4, -0.2) is 29.4 Å². The molecule has 0 fully saturated rings. The lowest BCUT2D eigenvalue weighted by Gasteiger charge is -2.08. The summed E-state index contributed by atoms with van der Waals surface area (Å²) >= 11 is 0. The summed E-state index contributed by atoms with van der Waals surface area (Å²) in [5, 5.41) is 17.9. The van der Waals surface area contributed by atoms with E-state index in [4.69, 9.17) is 5.73 Å². The summed E-state index contributed by atoms with van der Waals surface area (Å²) in [6, 6.07) is 6.78. The van der Waals surface area contributed by atoms with Gasteiger partial charge in [-0.1, -0.05) is 0 Å². The normalized spacial score (nSPS) is 11.6. The van der Waals surface area contributed by atoms with Gasteiger partial charge in [0.2, 0.25) is 9.84 Å². The average molecular weight is 476 g/mol. The molecule has 13 heteroatoms. The number of halogens is 3. The molecule has 1 aromatic heterocycles. The number of rotatable bonds is 5. The molecule has 0 saturated heterocycles. The van der Waals surface area contributed by atoms with Gasteiger partial charge in [-0.2, -0.15) is 5.10 Å². The van der Waals surface area contributed by atoms with E-state index < -0.39 is 64.7 Å². The van der Waals surface area contributed by atoms with Crippen molar-refractivity contribution in [3.63, 3.8) is 0 Å². The molecule has 168 valence electrons. The van der Waals surface area contributed by atoms with Crippen molar-refractivity contribution in [1.82, 2.24) is 10.2 Å². The number of nitro benzene ring substituents is 1. The fraction of sp³-hybridized carbons (Fsp3) is 0. The third-order valence-electron chi connectivity index (χ3n) is 4.80. The predicted molar refractivity (Wildman–Crippen MR) is 108 cm³/mol. The topological polar surface area (TPSA) is 149 Å². The van der Waals surface area contributed by atoms with E-state index in [2.05, 4.69) is 10.2 Å². The minimum Gasteiger partial charge on any atom is -0.365 e. The molecule has 0 aliphatic rings. The second kappa shape index (κ2) is 7.70. The SMILES string of the molecule is NC(=O)c1ccc(F)c(-c2n[nH]c3ccc(S(=O)(=O)c4cc(F)cc(F)c4)cc23)c1[N+](=O)[O-]. The van der Waals surface area contributed by atoms with Gasteiger partial charge in [0.05, 0.1) is 20.2 Å². The van der Waals surface area contributed by atoms with Crippen LogP contribution in [0.1, 0.15) is 10.4 Å². The van der Waals surface area contributed by atoms with Gasteiger partial charge in [-0.25, -0.2) is 21.6 Å². The molecular weight excluding hydrogens is 465 g/mol. The quantitative estimate of drug-likeness (QED) is 0.333. The third-order valence-corrected chi connectivity index (χ3v) is 6.53. The number of H-pyrrole nitrogens is 1. The van der Waals surface area contributed by atoms with Crippen molar-refractivity contribution in [1.29, 1.82) is 0 Å². The lowest BCUT2D eigenvalue weighted by atomic mass is 10.0. The van der Waals surface area contributed by atoms with Crippen LogP contribution in [0.15, 0.2) is 58.3 Å². The number of nitro groups is 1. The van der Waals surface area contributed by atoms with Gasteiger partial charge in [-0.15, -0.1) is 0 Å². The van der Waals surface area contributed by atoms with E-state index in [0.29, 0.717) is 18.2 Å². The van der Waals surface area contributed by atoms with Crippen LogP contribution in [0.25, 0.3) is 22.2 Å². The van der Waals surface area contributed by atoms with E-state index in [1.807, 2.05) is 0 Å². The highest BCUT2D eigenvalue weighted by atomic mass is 32.2. The van der Waals surface area contributed by atoms with Crippen molar-refractivity contribution in [2.45, 2.75) is 9.79 Å². The van der Waals surface area contributed by atoms with E-state index in [9.17, 15) is 36.5 Å². The summed E-state index contributed by atoms with van der Waals surface area (Å²) in [5.74, 6) is -4.51. The van der Waals surface area contributed by atoms with E-state index >= 15 is 0 Å². The molecule has 0 atom stereocenters. The van der Waals surface area contributed by atoms with Crippen molar-refractivity contribution in [2.75, 3.05) is 0 Å². The summed E-state index contributed by atoms with van der Waals surface area (Å²) in [6.45, 7) is 0. The van der Waals surface area contributed by atoms with Crippen molar-refractivity contribution >= 4 is 32.3 Å². The number of carbonyl (C=O) groups is 1. The van der Waals surface area contributed by atoms with Gasteiger partial charge in [0.15, 0.2) is 0 Å². The summed E-state index contributed by atoms with van der Waals surface area (Å²) < 4.78 is 67.7. The van der Waals surface area contributed by atoms with Gasteiger partial charge >= 0.3 is 0 Å². The Kier molecular flexibility index (Phi) is 5.13. The number of fused-ring (bicyclic) bond motifs is 1. The van der Waals surface area contributed by atoms with Gasteiger partial charge < -0.3 is 5.73 Å². The Morgan fingerprint density at radius 2 is 1.67 bits per heavy atom. The Morgan fingerprint density at radius 3 is 2.27 bits per heavy atom.